The summed E-state index contributed by atoms with van der Waals surface area (Å²) in [6.45, 7) is 2.41. The van der Waals surface area contributed by atoms with E-state index in [-0.39, 0.29) is 0 Å². The summed E-state index contributed by atoms with van der Waals surface area (Å²) in [5, 5.41) is 3.56. The number of nitrogens with one attached hydrogen (secondary N) is 1. The Bertz CT molecular complexity index is 166. The van der Waals surface area contributed by atoms with E-state index in [0.717, 1.165) is 23.8 Å². The minimum Gasteiger partial charge on any atom is -0.317 e. The van der Waals surface area contributed by atoms with Crippen LogP contribution in [0.5, 0.6) is 0 Å². The van der Waals surface area contributed by atoms with E-state index in [9.17, 15) is 0 Å². The van der Waals surface area contributed by atoms with E-state index in [0.29, 0.717) is 0 Å². The molecule has 2 rings (SSSR count). The lowest BCUT2D eigenvalue weighted by Gasteiger charge is -2.32. The maximum atomic E-state index is 3.56. The van der Waals surface area contributed by atoms with Gasteiger partial charge in [-0.25, -0.2) is 0 Å². The van der Waals surface area contributed by atoms with Crippen molar-refractivity contribution in [1.29, 1.82) is 0 Å². The Kier molecular flexibility index (Phi) is 3.48. The Labute approximate surface area is 88.7 Å². The first-order valence-electron chi connectivity index (χ1n) is 6.47. The van der Waals surface area contributed by atoms with Crippen LogP contribution in [0.25, 0.3) is 0 Å². The van der Waals surface area contributed by atoms with Crippen LogP contribution in [0.4, 0.5) is 0 Å². The summed E-state index contributed by atoms with van der Waals surface area (Å²) in [6, 6.07) is 0.829. The summed E-state index contributed by atoms with van der Waals surface area (Å²) in [5.74, 6) is 3.05. The van der Waals surface area contributed by atoms with Crippen LogP contribution in [0.1, 0.15) is 51.9 Å². The molecular weight excluding hydrogens is 170 g/mol. The number of hydrogen-bond donors (Lipinski definition) is 1. The maximum absolute atomic E-state index is 3.56. The second-order valence-corrected chi connectivity index (χ2v) is 5.59. The normalized spacial score (nSPS) is 35.6. The van der Waals surface area contributed by atoms with E-state index >= 15 is 0 Å². The molecule has 0 saturated heterocycles. The second kappa shape index (κ2) is 4.65. The lowest BCUT2D eigenvalue weighted by molar-refractivity contribution is 0.224. The van der Waals surface area contributed by atoms with E-state index in [1.54, 1.807) is 0 Å². The molecule has 1 N–H and O–H groups in total. The molecule has 0 aliphatic heterocycles. The van der Waals surface area contributed by atoms with Gasteiger partial charge in [0.05, 0.1) is 0 Å². The average Bonchev–Trinajstić information content (AvgIpc) is 3.00. The quantitative estimate of drug-likeness (QED) is 0.726. The van der Waals surface area contributed by atoms with Gasteiger partial charge in [-0.3, -0.25) is 0 Å². The highest BCUT2D eigenvalue weighted by Gasteiger charge is 2.30. The molecule has 2 aliphatic carbocycles. The predicted molar refractivity (Wildman–Crippen MR) is 61.3 cm³/mol. The minimum atomic E-state index is 0.829. The molecule has 0 amide bonds. The molecule has 0 radical (unpaired) electrons. The molecule has 0 aromatic rings. The maximum Gasteiger partial charge on any atom is 0.00949 e. The van der Waals surface area contributed by atoms with Crippen molar-refractivity contribution in [3.05, 3.63) is 0 Å². The van der Waals surface area contributed by atoms with Crippen molar-refractivity contribution < 1.29 is 0 Å². The van der Waals surface area contributed by atoms with Crippen LogP contribution in [0.15, 0.2) is 0 Å². The number of rotatable bonds is 4. The lowest BCUT2D eigenvalue weighted by atomic mass is 9.78. The first-order valence-corrected chi connectivity index (χ1v) is 6.47. The molecule has 1 heteroatoms. The van der Waals surface area contributed by atoms with Crippen molar-refractivity contribution in [3.63, 3.8) is 0 Å². The van der Waals surface area contributed by atoms with Gasteiger partial charge < -0.3 is 5.32 Å². The molecule has 0 heterocycles. The fourth-order valence-electron chi connectivity index (χ4n) is 2.95. The zero-order valence-corrected chi connectivity index (χ0v) is 9.76. The van der Waals surface area contributed by atoms with Crippen molar-refractivity contribution in [1.82, 2.24) is 5.32 Å². The smallest absolute Gasteiger partial charge is 0.00949 e. The zero-order chi connectivity index (χ0) is 9.97. The van der Waals surface area contributed by atoms with Crippen LogP contribution in [-0.4, -0.2) is 13.1 Å². The lowest BCUT2D eigenvalue weighted by Crippen LogP contribution is -2.36. The van der Waals surface area contributed by atoms with E-state index in [1.165, 1.54) is 44.9 Å². The van der Waals surface area contributed by atoms with Gasteiger partial charge in [-0.05, 0) is 44.1 Å². The first-order chi connectivity index (χ1) is 6.79. The molecule has 0 bridgehead atoms. The monoisotopic (exact) mass is 195 g/mol. The highest BCUT2D eigenvalue weighted by Crippen LogP contribution is 2.38. The van der Waals surface area contributed by atoms with Gasteiger partial charge in [0.1, 0.15) is 0 Å². The third-order valence-corrected chi connectivity index (χ3v) is 4.28. The summed E-state index contributed by atoms with van der Waals surface area (Å²) in [7, 11) is 2.16. The average molecular weight is 195 g/mol. The summed E-state index contributed by atoms with van der Waals surface area (Å²) in [5.41, 5.74) is 0. The van der Waals surface area contributed by atoms with E-state index in [1.807, 2.05) is 0 Å². The van der Waals surface area contributed by atoms with E-state index in [4.69, 9.17) is 0 Å². The van der Waals surface area contributed by atoms with Crippen LogP contribution in [0.2, 0.25) is 0 Å². The van der Waals surface area contributed by atoms with E-state index in [2.05, 4.69) is 19.3 Å². The molecule has 1 nitrogen and oxygen atoms in total. The van der Waals surface area contributed by atoms with Crippen molar-refractivity contribution >= 4 is 0 Å². The summed E-state index contributed by atoms with van der Waals surface area (Å²) in [4.78, 5) is 0. The van der Waals surface area contributed by atoms with Crippen molar-refractivity contribution in [2.45, 2.75) is 57.9 Å². The summed E-state index contributed by atoms with van der Waals surface area (Å²) < 4.78 is 0. The molecule has 2 fully saturated rings. The molecule has 82 valence electrons. The molecule has 0 spiro atoms. The van der Waals surface area contributed by atoms with Crippen molar-refractivity contribution in [3.8, 4) is 0 Å². The topological polar surface area (TPSA) is 12.0 Å². The molecule has 0 aromatic carbocycles. The molecule has 0 aromatic heterocycles. The predicted octanol–water partition coefficient (Wildman–Crippen LogP) is 3.20. The van der Waals surface area contributed by atoms with Crippen LogP contribution >= 0.6 is 0 Å². The fraction of sp³-hybridized carbons (Fsp3) is 1.00. The molecule has 1 unspecified atom stereocenters. The Morgan fingerprint density at radius 2 is 1.71 bits per heavy atom. The third-order valence-electron chi connectivity index (χ3n) is 4.28. The highest BCUT2D eigenvalue weighted by molar-refractivity contribution is 4.85. The molecule has 2 saturated carbocycles. The van der Waals surface area contributed by atoms with Crippen LogP contribution in [0.3, 0.4) is 0 Å². The Balaban J connectivity index is 1.78. The summed E-state index contributed by atoms with van der Waals surface area (Å²) >= 11 is 0. The molecule has 1 atom stereocenters. The molecular formula is C13H25N. The van der Waals surface area contributed by atoms with Gasteiger partial charge in [0.25, 0.3) is 0 Å². The van der Waals surface area contributed by atoms with Crippen molar-refractivity contribution in [2.24, 2.45) is 17.8 Å². The summed E-state index contributed by atoms with van der Waals surface area (Å²) in [6.07, 6.45) is 10.3. The van der Waals surface area contributed by atoms with Gasteiger partial charge in [-0.15, -0.1) is 0 Å². The van der Waals surface area contributed by atoms with Gasteiger partial charge in [0.15, 0.2) is 0 Å². The third kappa shape index (κ3) is 2.73. The standard InChI is InChI=1S/C13H25N/c1-10-3-7-12(8-4-10)13(14-2)9-11-5-6-11/h10-14H,3-9H2,1-2H3. The van der Waals surface area contributed by atoms with Gasteiger partial charge in [0, 0.05) is 6.04 Å². The minimum absolute atomic E-state index is 0.829. The zero-order valence-electron chi connectivity index (χ0n) is 9.76. The van der Waals surface area contributed by atoms with Gasteiger partial charge >= 0.3 is 0 Å². The second-order valence-electron chi connectivity index (χ2n) is 5.59. The Morgan fingerprint density at radius 1 is 1.07 bits per heavy atom. The molecule has 2 aliphatic rings. The van der Waals surface area contributed by atoms with Crippen LogP contribution in [0, 0.1) is 17.8 Å². The molecule has 14 heavy (non-hydrogen) atoms. The van der Waals surface area contributed by atoms with Gasteiger partial charge in [-0.2, -0.15) is 0 Å². The van der Waals surface area contributed by atoms with Gasteiger partial charge in [0.2, 0.25) is 0 Å². The van der Waals surface area contributed by atoms with E-state index < -0.39 is 0 Å². The first kappa shape index (κ1) is 10.5. The Hall–Kier alpha value is -0.0400. The number of hydrogen-bond acceptors (Lipinski definition) is 1. The highest BCUT2D eigenvalue weighted by atomic mass is 14.9. The van der Waals surface area contributed by atoms with Crippen molar-refractivity contribution in [2.75, 3.05) is 7.05 Å². The SMILES string of the molecule is CNC(CC1CC1)C1CCC(C)CC1. The largest absolute Gasteiger partial charge is 0.317 e. The van der Waals surface area contributed by atoms with Crippen LogP contribution < -0.4 is 5.32 Å². The van der Waals surface area contributed by atoms with Crippen LogP contribution in [-0.2, 0) is 0 Å². The Morgan fingerprint density at radius 3 is 2.21 bits per heavy atom. The fourth-order valence-corrected chi connectivity index (χ4v) is 2.95. The van der Waals surface area contributed by atoms with Gasteiger partial charge in [-0.1, -0.05) is 32.6 Å².